The maximum atomic E-state index is 14.8. The maximum Gasteiger partial charge on any atom is 0.340 e. The van der Waals surface area contributed by atoms with Crippen LogP contribution in [0.3, 0.4) is 0 Å². The zero-order valence-electron chi connectivity index (χ0n) is 19.8. The molecule has 0 unspecified atom stereocenters. The van der Waals surface area contributed by atoms with Gasteiger partial charge in [-0.15, -0.1) is 0 Å². The quantitative estimate of drug-likeness (QED) is 0.306. The fourth-order valence-corrected chi connectivity index (χ4v) is 4.26. The van der Waals surface area contributed by atoms with Crippen LogP contribution in [-0.2, 0) is 12.5 Å². The molecule has 5 rings (SSSR count). The van der Waals surface area contributed by atoms with Gasteiger partial charge in [-0.05, 0) is 35.7 Å². The standard InChI is InChI=1S/C25H20F3N7O3/c1-12-6-13(2-5-17(12)26)10-29-22(36)18-8-19(31-11-30-18)23(37)32-20-9-25(27,28)16-7-14(3-4-15(16)20)21-33-24(38)35-34-21/h2-8,11,20H,9-10H2,1H3,(H,29,36)(H,32,37)(H2,33,34,35,38)/t20-/m0/s1. The summed E-state index contributed by atoms with van der Waals surface area (Å²) in [4.78, 5) is 46.9. The Hall–Kier alpha value is -4.81. The lowest BCUT2D eigenvalue weighted by molar-refractivity contribution is -0.00843. The van der Waals surface area contributed by atoms with E-state index in [4.69, 9.17) is 0 Å². The number of nitrogens with zero attached hydrogens (tertiary/aromatic N) is 3. The first-order valence-corrected chi connectivity index (χ1v) is 11.4. The lowest BCUT2D eigenvalue weighted by Crippen LogP contribution is -2.30. The van der Waals surface area contributed by atoms with E-state index in [-0.39, 0.29) is 46.3 Å². The van der Waals surface area contributed by atoms with Crippen molar-refractivity contribution >= 4 is 11.8 Å². The van der Waals surface area contributed by atoms with Crippen LogP contribution in [0.2, 0.25) is 0 Å². The van der Waals surface area contributed by atoms with E-state index in [0.717, 1.165) is 12.4 Å². The minimum atomic E-state index is -3.24. The van der Waals surface area contributed by atoms with E-state index in [1.807, 2.05) is 0 Å². The Balaban J connectivity index is 1.29. The number of aromatic amines is 2. The third-order valence-corrected chi connectivity index (χ3v) is 6.17. The van der Waals surface area contributed by atoms with Gasteiger partial charge in [-0.1, -0.05) is 24.3 Å². The van der Waals surface area contributed by atoms with E-state index in [2.05, 4.69) is 35.8 Å². The van der Waals surface area contributed by atoms with E-state index in [1.54, 1.807) is 13.0 Å². The van der Waals surface area contributed by atoms with E-state index < -0.39 is 35.9 Å². The van der Waals surface area contributed by atoms with Crippen molar-refractivity contribution in [2.24, 2.45) is 0 Å². The molecule has 0 saturated heterocycles. The zero-order valence-corrected chi connectivity index (χ0v) is 19.8. The molecule has 0 radical (unpaired) electrons. The van der Waals surface area contributed by atoms with Gasteiger partial charge in [0, 0.05) is 30.2 Å². The fraction of sp³-hybridized carbons (Fsp3) is 0.200. The molecular weight excluding hydrogens is 503 g/mol. The summed E-state index contributed by atoms with van der Waals surface area (Å²) < 4.78 is 43.1. The number of aryl methyl sites for hydroxylation is 1. The maximum absolute atomic E-state index is 14.8. The fourth-order valence-electron chi connectivity index (χ4n) is 4.26. The van der Waals surface area contributed by atoms with Crippen molar-refractivity contribution in [1.82, 2.24) is 35.8 Å². The molecular formula is C25H20F3N7O3. The number of carbonyl (C=O) groups excluding carboxylic acids is 2. The summed E-state index contributed by atoms with van der Waals surface area (Å²) in [5.41, 5.74) is 0.478. The van der Waals surface area contributed by atoms with Crippen LogP contribution in [0.4, 0.5) is 13.2 Å². The van der Waals surface area contributed by atoms with Crippen molar-refractivity contribution in [3.8, 4) is 11.4 Å². The number of hydrogen-bond acceptors (Lipinski definition) is 6. The summed E-state index contributed by atoms with van der Waals surface area (Å²) in [6.07, 6.45) is 0.351. The van der Waals surface area contributed by atoms with Crippen molar-refractivity contribution in [2.75, 3.05) is 0 Å². The first-order chi connectivity index (χ1) is 18.1. The summed E-state index contributed by atoms with van der Waals surface area (Å²) >= 11 is 0. The summed E-state index contributed by atoms with van der Waals surface area (Å²) in [6, 6.07) is 8.76. The molecule has 2 heterocycles. The van der Waals surface area contributed by atoms with Crippen LogP contribution < -0.4 is 16.3 Å². The van der Waals surface area contributed by atoms with Crippen molar-refractivity contribution in [3.63, 3.8) is 0 Å². The Morgan fingerprint density at radius 2 is 1.84 bits per heavy atom. The number of aromatic nitrogens is 5. The summed E-state index contributed by atoms with van der Waals surface area (Å²) in [7, 11) is 0. The second-order valence-corrected chi connectivity index (χ2v) is 8.82. The van der Waals surface area contributed by atoms with Crippen molar-refractivity contribution in [2.45, 2.75) is 31.9 Å². The van der Waals surface area contributed by atoms with E-state index in [9.17, 15) is 27.6 Å². The van der Waals surface area contributed by atoms with Crippen molar-refractivity contribution in [3.05, 3.63) is 98.7 Å². The smallest absolute Gasteiger partial charge is 0.340 e. The van der Waals surface area contributed by atoms with Gasteiger partial charge in [0.1, 0.15) is 23.5 Å². The molecule has 0 saturated carbocycles. The van der Waals surface area contributed by atoms with Crippen LogP contribution in [0.5, 0.6) is 0 Å². The summed E-state index contributed by atoms with van der Waals surface area (Å²) in [5.74, 6) is -4.84. The van der Waals surface area contributed by atoms with Gasteiger partial charge in [0.25, 0.3) is 17.7 Å². The van der Waals surface area contributed by atoms with E-state index >= 15 is 0 Å². The number of rotatable bonds is 6. The van der Waals surface area contributed by atoms with Gasteiger partial charge in [0.05, 0.1) is 6.04 Å². The minimum Gasteiger partial charge on any atom is -0.347 e. The van der Waals surface area contributed by atoms with Gasteiger partial charge < -0.3 is 10.6 Å². The molecule has 38 heavy (non-hydrogen) atoms. The van der Waals surface area contributed by atoms with Crippen LogP contribution in [0.15, 0.2) is 53.6 Å². The average Bonchev–Trinajstić information content (AvgIpc) is 3.44. The minimum absolute atomic E-state index is 0.0984. The Kier molecular flexibility index (Phi) is 6.27. The molecule has 4 aromatic rings. The summed E-state index contributed by atoms with van der Waals surface area (Å²) in [5, 5.41) is 11.1. The molecule has 1 aliphatic carbocycles. The lowest BCUT2D eigenvalue weighted by atomic mass is 10.0. The number of benzene rings is 2. The number of carbonyl (C=O) groups is 2. The Morgan fingerprint density at radius 3 is 2.55 bits per heavy atom. The van der Waals surface area contributed by atoms with Gasteiger partial charge in [0.15, 0.2) is 5.82 Å². The second-order valence-electron chi connectivity index (χ2n) is 8.82. The molecule has 1 aliphatic rings. The largest absolute Gasteiger partial charge is 0.347 e. The van der Waals surface area contributed by atoms with Crippen LogP contribution in [0, 0.1) is 12.7 Å². The average molecular weight is 523 g/mol. The normalized spacial score (nSPS) is 15.6. The monoisotopic (exact) mass is 523 g/mol. The Morgan fingerprint density at radius 1 is 1.08 bits per heavy atom. The number of halogens is 3. The lowest BCUT2D eigenvalue weighted by Gasteiger charge is -2.14. The highest BCUT2D eigenvalue weighted by atomic mass is 19.3. The number of alkyl halides is 2. The predicted octanol–water partition coefficient (Wildman–Crippen LogP) is 2.90. The van der Waals surface area contributed by atoms with E-state index in [0.29, 0.717) is 11.1 Å². The summed E-state index contributed by atoms with van der Waals surface area (Å²) in [6.45, 7) is 1.71. The molecule has 13 heteroatoms. The van der Waals surface area contributed by atoms with E-state index in [1.165, 1.54) is 30.3 Å². The molecule has 10 nitrogen and oxygen atoms in total. The predicted molar refractivity (Wildman–Crippen MR) is 128 cm³/mol. The number of fused-ring (bicyclic) bond motifs is 1. The first kappa shape index (κ1) is 24.9. The Labute approximate surface area is 212 Å². The van der Waals surface area contributed by atoms with Gasteiger partial charge in [-0.2, -0.15) is 5.10 Å². The molecule has 0 aliphatic heterocycles. The highest BCUT2D eigenvalue weighted by Gasteiger charge is 2.45. The van der Waals surface area contributed by atoms with Crippen molar-refractivity contribution < 1.29 is 22.8 Å². The van der Waals surface area contributed by atoms with Gasteiger partial charge in [0.2, 0.25) is 0 Å². The third-order valence-electron chi connectivity index (χ3n) is 6.17. The highest BCUT2D eigenvalue weighted by molar-refractivity contribution is 5.97. The molecule has 0 fully saturated rings. The third kappa shape index (κ3) is 4.90. The van der Waals surface area contributed by atoms with Gasteiger partial charge in [-0.25, -0.2) is 33.0 Å². The highest BCUT2D eigenvalue weighted by Crippen LogP contribution is 2.48. The first-order valence-electron chi connectivity index (χ1n) is 11.4. The zero-order chi connectivity index (χ0) is 27.0. The molecule has 0 bridgehead atoms. The molecule has 4 N–H and O–H groups in total. The number of hydrogen-bond donors (Lipinski definition) is 4. The van der Waals surface area contributed by atoms with Crippen molar-refractivity contribution in [1.29, 1.82) is 0 Å². The Bertz CT molecular complexity index is 1620. The second kappa shape index (κ2) is 9.57. The number of H-pyrrole nitrogens is 2. The molecule has 194 valence electrons. The molecule has 1 atom stereocenters. The van der Waals surface area contributed by atoms with Gasteiger partial charge in [-0.3, -0.25) is 14.6 Å². The molecule has 2 amide bonds. The number of nitrogens with one attached hydrogen (secondary N) is 4. The van der Waals surface area contributed by atoms with Crippen LogP contribution in [0.25, 0.3) is 11.4 Å². The topological polar surface area (TPSA) is 146 Å². The molecule has 2 aromatic heterocycles. The van der Waals surface area contributed by atoms with Crippen LogP contribution in [0.1, 0.15) is 55.7 Å². The van der Waals surface area contributed by atoms with Crippen LogP contribution >= 0.6 is 0 Å². The number of amides is 2. The van der Waals surface area contributed by atoms with Crippen LogP contribution in [-0.4, -0.2) is 37.0 Å². The van der Waals surface area contributed by atoms with Gasteiger partial charge >= 0.3 is 5.69 Å². The molecule has 2 aromatic carbocycles. The SMILES string of the molecule is Cc1cc(CNC(=O)c2cc(C(=O)N[C@H]3CC(F)(F)c4cc(-c5n[nH]c(=O)[nH]5)ccc43)ncn2)ccc1F. The molecule has 0 spiro atoms.